The Balaban J connectivity index is 1.86. The van der Waals surface area contributed by atoms with Crippen molar-refractivity contribution in [2.75, 3.05) is 26.9 Å². The molecule has 1 atom stereocenters. The second-order valence-corrected chi connectivity index (χ2v) is 9.07. The molecule has 0 aliphatic carbocycles. The van der Waals surface area contributed by atoms with Gasteiger partial charge in [0.15, 0.2) is 0 Å². The van der Waals surface area contributed by atoms with Crippen LogP contribution in [0.1, 0.15) is 18.4 Å². The van der Waals surface area contributed by atoms with Gasteiger partial charge in [0.05, 0.1) is 6.10 Å². The van der Waals surface area contributed by atoms with Gasteiger partial charge >= 0.3 is 10.1 Å². The van der Waals surface area contributed by atoms with Crippen LogP contribution < -0.4 is 4.18 Å². The molecule has 3 rings (SSSR count). The van der Waals surface area contributed by atoms with Crippen molar-refractivity contribution < 1.29 is 31.3 Å². The fourth-order valence-corrected chi connectivity index (χ4v) is 4.39. The Kier molecular flexibility index (Phi) is 7.88. The molecule has 2 aromatic carbocycles. The lowest BCUT2D eigenvalue weighted by Gasteiger charge is -2.26. The Morgan fingerprint density at radius 2 is 2.00 bits per heavy atom. The molecule has 0 saturated carbocycles. The first-order chi connectivity index (χ1) is 14.8. The van der Waals surface area contributed by atoms with E-state index in [1.54, 1.807) is 6.07 Å². The highest BCUT2D eigenvalue weighted by atomic mass is 35.5. The van der Waals surface area contributed by atoms with Gasteiger partial charge in [0.25, 0.3) is 0 Å². The lowest BCUT2D eigenvalue weighted by atomic mass is 10.1. The van der Waals surface area contributed by atoms with Gasteiger partial charge in [0.1, 0.15) is 23.1 Å². The maximum Gasteiger partial charge on any atom is 0.339 e. The van der Waals surface area contributed by atoms with Crippen LogP contribution in [0.3, 0.4) is 0 Å². The average Bonchev–Trinajstić information content (AvgIpc) is 3.23. The lowest BCUT2D eigenvalue weighted by Crippen LogP contribution is -2.39. The van der Waals surface area contributed by atoms with Gasteiger partial charge in [-0.1, -0.05) is 11.6 Å². The number of halogens is 2. The maximum atomic E-state index is 13.2. The normalized spacial score (nSPS) is 16.3. The number of methoxy groups -OCH3 is 1. The largest absolute Gasteiger partial charge is 0.379 e. The summed E-state index contributed by atoms with van der Waals surface area (Å²) in [4.78, 5) is 13.9. The predicted octanol–water partition coefficient (Wildman–Crippen LogP) is 3.40. The van der Waals surface area contributed by atoms with Crippen molar-refractivity contribution in [3.8, 4) is 5.75 Å². The van der Waals surface area contributed by atoms with Gasteiger partial charge in [-0.25, -0.2) is 4.39 Å². The van der Waals surface area contributed by atoms with Crippen molar-refractivity contribution in [3.05, 3.63) is 58.9 Å². The number of rotatable bonds is 9. The van der Waals surface area contributed by atoms with Crippen molar-refractivity contribution >= 4 is 27.6 Å². The Morgan fingerprint density at radius 1 is 1.26 bits per heavy atom. The summed E-state index contributed by atoms with van der Waals surface area (Å²) >= 11 is 6.12. The van der Waals surface area contributed by atoms with Crippen LogP contribution in [0.25, 0.3) is 0 Å². The molecule has 1 saturated heterocycles. The second kappa shape index (κ2) is 10.4. The van der Waals surface area contributed by atoms with Gasteiger partial charge in [-0.15, -0.1) is 0 Å². The Labute approximate surface area is 185 Å². The van der Waals surface area contributed by atoms with Crippen LogP contribution in [0, 0.1) is 5.82 Å². The van der Waals surface area contributed by atoms with E-state index in [1.807, 2.05) is 0 Å². The molecule has 31 heavy (non-hydrogen) atoms. The number of ether oxygens (including phenoxy) is 2. The van der Waals surface area contributed by atoms with E-state index in [2.05, 4.69) is 0 Å². The van der Waals surface area contributed by atoms with Gasteiger partial charge in [0.2, 0.25) is 5.91 Å². The highest BCUT2D eigenvalue weighted by Gasteiger charge is 2.25. The van der Waals surface area contributed by atoms with E-state index < -0.39 is 15.9 Å². The summed E-state index contributed by atoms with van der Waals surface area (Å²) in [6.07, 6.45) is 1.64. The van der Waals surface area contributed by atoms with Crippen LogP contribution in [0.15, 0.2) is 47.4 Å². The topological polar surface area (TPSA) is 82.1 Å². The molecule has 0 bridgehead atoms. The molecule has 1 heterocycles. The molecule has 1 aliphatic heterocycles. The maximum absolute atomic E-state index is 13.2. The molecule has 1 fully saturated rings. The standard InChI is InChI=1S/C21H23ClFNO6S/c1-28-14-21(25)24(13-18-3-2-10-29-18)12-15-11-16(22)4-9-20(15)30-31(26,27)19-7-5-17(23)6-8-19/h4-9,11,18H,2-3,10,12-14H2,1H3. The quantitative estimate of drug-likeness (QED) is 0.521. The zero-order valence-electron chi connectivity index (χ0n) is 16.9. The molecule has 10 heteroatoms. The average molecular weight is 472 g/mol. The van der Waals surface area contributed by atoms with Crippen LogP contribution in [-0.2, 0) is 30.9 Å². The van der Waals surface area contributed by atoms with E-state index >= 15 is 0 Å². The van der Waals surface area contributed by atoms with Crippen molar-refractivity contribution in [1.82, 2.24) is 4.90 Å². The minimum Gasteiger partial charge on any atom is -0.379 e. The van der Waals surface area contributed by atoms with Gasteiger partial charge in [-0.2, -0.15) is 8.42 Å². The van der Waals surface area contributed by atoms with E-state index in [1.165, 1.54) is 24.1 Å². The number of hydrogen-bond acceptors (Lipinski definition) is 6. The van der Waals surface area contributed by atoms with Crippen LogP contribution in [-0.4, -0.2) is 52.2 Å². The molecule has 0 spiro atoms. The summed E-state index contributed by atoms with van der Waals surface area (Å²) in [6.45, 7) is 0.894. The Morgan fingerprint density at radius 3 is 2.65 bits per heavy atom. The molecule has 0 N–H and O–H groups in total. The summed E-state index contributed by atoms with van der Waals surface area (Å²) in [6, 6.07) is 8.75. The number of hydrogen-bond donors (Lipinski definition) is 0. The number of benzene rings is 2. The van der Waals surface area contributed by atoms with Gasteiger partial charge < -0.3 is 18.6 Å². The third-order valence-corrected chi connectivity index (χ3v) is 6.24. The van der Waals surface area contributed by atoms with E-state index in [-0.39, 0.29) is 35.8 Å². The summed E-state index contributed by atoms with van der Waals surface area (Å²) < 4.78 is 54.4. The fraction of sp³-hybridized carbons (Fsp3) is 0.381. The molecule has 168 valence electrons. The van der Waals surface area contributed by atoms with Crippen molar-refractivity contribution in [2.45, 2.75) is 30.4 Å². The SMILES string of the molecule is COCC(=O)N(Cc1cc(Cl)ccc1OS(=O)(=O)c1ccc(F)cc1)CC1CCCO1. The third-order valence-electron chi connectivity index (χ3n) is 4.75. The number of nitrogens with zero attached hydrogens (tertiary/aromatic N) is 1. The van der Waals surface area contributed by atoms with E-state index in [4.69, 9.17) is 25.3 Å². The van der Waals surface area contributed by atoms with Crippen molar-refractivity contribution in [2.24, 2.45) is 0 Å². The zero-order chi connectivity index (χ0) is 22.4. The predicted molar refractivity (Wildman–Crippen MR) is 112 cm³/mol. The lowest BCUT2D eigenvalue weighted by molar-refractivity contribution is -0.137. The minimum atomic E-state index is -4.22. The molecule has 1 unspecified atom stereocenters. The first-order valence-electron chi connectivity index (χ1n) is 9.65. The third kappa shape index (κ3) is 6.39. The zero-order valence-corrected chi connectivity index (χ0v) is 18.5. The number of carbonyl (C=O) groups excluding carboxylic acids is 1. The van der Waals surface area contributed by atoms with Gasteiger partial charge in [-0.05, 0) is 55.3 Å². The molecular formula is C21H23ClFNO6S. The van der Waals surface area contributed by atoms with Gasteiger partial charge in [0, 0.05) is 37.4 Å². The van der Waals surface area contributed by atoms with E-state index in [0.29, 0.717) is 23.7 Å². The summed E-state index contributed by atoms with van der Waals surface area (Å²) in [5, 5.41) is 0.359. The minimum absolute atomic E-state index is 0.0243. The van der Waals surface area contributed by atoms with Crippen LogP contribution in [0.5, 0.6) is 5.75 Å². The molecule has 0 radical (unpaired) electrons. The first-order valence-corrected chi connectivity index (χ1v) is 11.4. The molecule has 7 nitrogen and oxygen atoms in total. The summed E-state index contributed by atoms with van der Waals surface area (Å²) in [5.41, 5.74) is 0.403. The smallest absolute Gasteiger partial charge is 0.339 e. The summed E-state index contributed by atoms with van der Waals surface area (Å²) in [7, 11) is -2.79. The number of carbonyl (C=O) groups is 1. The highest BCUT2D eigenvalue weighted by Crippen LogP contribution is 2.28. The monoisotopic (exact) mass is 471 g/mol. The van der Waals surface area contributed by atoms with E-state index in [9.17, 15) is 17.6 Å². The molecule has 2 aromatic rings. The Hall–Kier alpha value is -2.20. The van der Waals surface area contributed by atoms with Crippen LogP contribution in [0.4, 0.5) is 4.39 Å². The van der Waals surface area contributed by atoms with Crippen LogP contribution >= 0.6 is 11.6 Å². The second-order valence-electron chi connectivity index (χ2n) is 7.09. The molecule has 1 amide bonds. The fourth-order valence-electron chi connectivity index (χ4n) is 3.23. The molecule has 1 aliphatic rings. The molecular weight excluding hydrogens is 449 g/mol. The first kappa shape index (κ1) is 23.5. The summed E-state index contributed by atoms with van der Waals surface area (Å²) in [5.74, 6) is -0.811. The Bertz CT molecular complexity index is 1010. The van der Waals surface area contributed by atoms with Crippen molar-refractivity contribution in [3.63, 3.8) is 0 Å². The van der Waals surface area contributed by atoms with Crippen LogP contribution in [0.2, 0.25) is 5.02 Å². The number of amides is 1. The van der Waals surface area contributed by atoms with E-state index in [0.717, 1.165) is 37.1 Å². The highest BCUT2D eigenvalue weighted by molar-refractivity contribution is 7.87. The van der Waals surface area contributed by atoms with Crippen molar-refractivity contribution in [1.29, 1.82) is 0 Å². The molecule has 0 aromatic heterocycles. The van der Waals surface area contributed by atoms with Gasteiger partial charge in [-0.3, -0.25) is 4.79 Å².